The van der Waals surface area contributed by atoms with E-state index in [4.69, 9.17) is 5.73 Å². The quantitative estimate of drug-likeness (QED) is 0.785. The van der Waals surface area contributed by atoms with Gasteiger partial charge in [-0.15, -0.1) is 0 Å². The predicted molar refractivity (Wildman–Crippen MR) is 72.7 cm³/mol. The first-order valence-electron chi connectivity index (χ1n) is 6.25. The highest BCUT2D eigenvalue weighted by Crippen LogP contribution is 2.25. The van der Waals surface area contributed by atoms with Gasteiger partial charge in [0.05, 0.1) is 6.54 Å². The van der Waals surface area contributed by atoms with Crippen LogP contribution >= 0.6 is 0 Å². The molecular weight excluding hydrogens is 262 g/mol. The highest BCUT2D eigenvalue weighted by molar-refractivity contribution is 7.89. The molecule has 1 heterocycles. The number of nitrogens with two attached hydrogens (primary N) is 1. The van der Waals surface area contributed by atoms with Crippen molar-refractivity contribution in [3.8, 4) is 11.8 Å². The average molecular weight is 279 g/mol. The van der Waals surface area contributed by atoms with Gasteiger partial charge in [-0.2, -0.15) is 0 Å². The molecule has 1 saturated carbocycles. The Labute approximate surface area is 113 Å². The van der Waals surface area contributed by atoms with Gasteiger partial charge in [-0.3, -0.25) is 4.98 Å². The number of sulfonamides is 1. The largest absolute Gasteiger partial charge is 0.320 e. The fraction of sp³-hybridized carbons (Fsp3) is 0.462. The van der Waals surface area contributed by atoms with Crippen molar-refractivity contribution in [1.82, 2.24) is 9.71 Å². The number of hydrogen-bond acceptors (Lipinski definition) is 4. The zero-order valence-electron chi connectivity index (χ0n) is 10.6. The van der Waals surface area contributed by atoms with Crippen LogP contribution in [-0.2, 0) is 10.0 Å². The Morgan fingerprint density at radius 2 is 2.21 bits per heavy atom. The summed E-state index contributed by atoms with van der Waals surface area (Å²) in [4.78, 5) is 4.05. The third-order valence-corrected chi connectivity index (χ3v) is 4.54. The monoisotopic (exact) mass is 279 g/mol. The molecule has 102 valence electrons. The maximum Gasteiger partial charge on any atom is 0.242 e. The van der Waals surface area contributed by atoms with E-state index in [-0.39, 0.29) is 11.4 Å². The van der Waals surface area contributed by atoms with E-state index in [1.54, 1.807) is 0 Å². The third kappa shape index (κ3) is 3.77. The number of hydrogen-bond donors (Lipinski definition) is 2. The van der Waals surface area contributed by atoms with Crippen LogP contribution < -0.4 is 10.5 Å². The summed E-state index contributed by atoms with van der Waals surface area (Å²) in [5.74, 6) is 5.92. The van der Waals surface area contributed by atoms with E-state index in [1.165, 1.54) is 24.9 Å². The normalized spacial score (nSPS) is 15.4. The Hall–Kier alpha value is -1.42. The second-order valence-electron chi connectivity index (χ2n) is 4.56. The molecule has 0 aliphatic heterocycles. The smallest absolute Gasteiger partial charge is 0.242 e. The second-order valence-corrected chi connectivity index (χ2v) is 6.33. The summed E-state index contributed by atoms with van der Waals surface area (Å²) >= 11 is 0. The fourth-order valence-electron chi connectivity index (χ4n) is 1.80. The summed E-state index contributed by atoms with van der Waals surface area (Å²) in [7, 11) is -3.49. The van der Waals surface area contributed by atoms with Gasteiger partial charge in [-0.25, -0.2) is 13.1 Å². The molecule has 1 aliphatic carbocycles. The number of nitrogens with zero attached hydrogens (tertiary/aromatic N) is 1. The molecule has 0 amide bonds. The molecule has 0 aromatic carbocycles. The summed E-state index contributed by atoms with van der Waals surface area (Å²) in [5.41, 5.74) is 5.83. The van der Waals surface area contributed by atoms with E-state index in [9.17, 15) is 8.42 Å². The van der Waals surface area contributed by atoms with Gasteiger partial charge >= 0.3 is 0 Å². The van der Waals surface area contributed by atoms with Gasteiger partial charge in [0.15, 0.2) is 0 Å². The van der Waals surface area contributed by atoms with Crippen molar-refractivity contribution < 1.29 is 8.42 Å². The molecule has 19 heavy (non-hydrogen) atoms. The van der Waals surface area contributed by atoms with Gasteiger partial charge in [0, 0.05) is 24.5 Å². The molecule has 0 atom stereocenters. The van der Waals surface area contributed by atoms with Crippen LogP contribution in [0.15, 0.2) is 23.4 Å². The van der Waals surface area contributed by atoms with E-state index < -0.39 is 10.0 Å². The molecule has 1 aromatic heterocycles. The van der Waals surface area contributed by atoms with Crippen LogP contribution in [0, 0.1) is 17.8 Å². The minimum atomic E-state index is -3.49. The van der Waals surface area contributed by atoms with Gasteiger partial charge < -0.3 is 5.73 Å². The first-order valence-corrected chi connectivity index (χ1v) is 7.74. The summed E-state index contributed by atoms with van der Waals surface area (Å²) in [5, 5.41) is 0. The Bertz CT molecular complexity index is 598. The van der Waals surface area contributed by atoms with Gasteiger partial charge in [0.25, 0.3) is 0 Å². The Morgan fingerprint density at radius 3 is 2.84 bits per heavy atom. The zero-order valence-corrected chi connectivity index (χ0v) is 11.4. The van der Waals surface area contributed by atoms with Crippen molar-refractivity contribution in [3.63, 3.8) is 0 Å². The topological polar surface area (TPSA) is 85.1 Å². The molecule has 3 N–H and O–H groups in total. The summed E-state index contributed by atoms with van der Waals surface area (Å²) in [6.45, 7) is 0.734. The van der Waals surface area contributed by atoms with Gasteiger partial charge in [-0.05, 0) is 24.8 Å². The summed E-state index contributed by atoms with van der Waals surface area (Å²) in [6.07, 6.45) is 6.24. The Kier molecular flexibility index (Phi) is 4.53. The van der Waals surface area contributed by atoms with E-state index in [0.717, 1.165) is 12.8 Å². The molecular formula is C13H17N3O2S. The molecule has 0 unspecified atom stereocenters. The van der Waals surface area contributed by atoms with Crippen molar-refractivity contribution in [2.45, 2.75) is 24.2 Å². The van der Waals surface area contributed by atoms with Crippen molar-refractivity contribution in [2.75, 3.05) is 13.1 Å². The molecule has 1 fully saturated rings. The number of aromatic nitrogens is 1. The first kappa shape index (κ1) is 14.0. The van der Waals surface area contributed by atoms with Crippen LogP contribution in [0.1, 0.15) is 24.8 Å². The molecule has 1 aromatic rings. The van der Waals surface area contributed by atoms with E-state index >= 15 is 0 Å². The predicted octanol–water partition coefficient (Wildman–Crippen LogP) is 0.470. The van der Waals surface area contributed by atoms with E-state index in [0.29, 0.717) is 18.0 Å². The third-order valence-electron chi connectivity index (χ3n) is 3.15. The molecule has 0 saturated heterocycles. The van der Waals surface area contributed by atoms with Crippen LogP contribution in [0.2, 0.25) is 0 Å². The van der Waals surface area contributed by atoms with Crippen molar-refractivity contribution in [1.29, 1.82) is 0 Å². The maximum atomic E-state index is 12.1. The lowest BCUT2D eigenvalue weighted by Crippen LogP contribution is -2.32. The van der Waals surface area contributed by atoms with Crippen LogP contribution in [-0.4, -0.2) is 26.5 Å². The summed E-state index contributed by atoms with van der Waals surface area (Å²) < 4.78 is 26.8. The van der Waals surface area contributed by atoms with Crippen molar-refractivity contribution in [3.05, 3.63) is 24.0 Å². The highest BCUT2D eigenvalue weighted by atomic mass is 32.2. The van der Waals surface area contributed by atoms with Crippen molar-refractivity contribution in [2.24, 2.45) is 11.7 Å². The van der Waals surface area contributed by atoms with Crippen LogP contribution in [0.4, 0.5) is 0 Å². The lowest BCUT2D eigenvalue weighted by molar-refractivity contribution is 0.316. The van der Waals surface area contributed by atoms with Gasteiger partial charge in [0.2, 0.25) is 10.0 Å². The standard InChI is InChI=1S/C13H17N3O2S/c14-6-2-5-12-7-13(10-15-8-12)19(17,18)16-9-11-3-1-4-11/h7-8,10-11,16H,1,3-4,6,9,14H2. The first-order chi connectivity index (χ1) is 9.12. The lowest BCUT2D eigenvalue weighted by atomic mass is 9.86. The molecule has 1 aliphatic rings. The highest BCUT2D eigenvalue weighted by Gasteiger charge is 2.21. The van der Waals surface area contributed by atoms with Crippen molar-refractivity contribution >= 4 is 10.0 Å². The molecule has 5 nitrogen and oxygen atoms in total. The number of nitrogens with one attached hydrogen (secondary N) is 1. The van der Waals surface area contributed by atoms with Crippen LogP contribution in [0.5, 0.6) is 0 Å². The van der Waals surface area contributed by atoms with E-state index in [1.807, 2.05) is 0 Å². The van der Waals surface area contributed by atoms with Crippen LogP contribution in [0.3, 0.4) is 0 Å². The lowest BCUT2D eigenvalue weighted by Gasteiger charge is -2.25. The second kappa shape index (κ2) is 6.15. The molecule has 0 bridgehead atoms. The maximum absolute atomic E-state index is 12.1. The minimum Gasteiger partial charge on any atom is -0.320 e. The zero-order chi connectivity index (χ0) is 13.7. The molecule has 6 heteroatoms. The minimum absolute atomic E-state index is 0.149. The van der Waals surface area contributed by atoms with Crippen LogP contribution in [0.25, 0.3) is 0 Å². The molecule has 0 radical (unpaired) electrons. The fourth-order valence-corrected chi connectivity index (χ4v) is 2.90. The Morgan fingerprint density at radius 1 is 1.42 bits per heavy atom. The Balaban J connectivity index is 2.10. The molecule has 0 spiro atoms. The van der Waals surface area contributed by atoms with Gasteiger partial charge in [0.1, 0.15) is 4.90 Å². The summed E-state index contributed by atoms with van der Waals surface area (Å²) in [6, 6.07) is 1.51. The number of rotatable bonds is 4. The SMILES string of the molecule is NCC#Cc1cncc(S(=O)(=O)NCC2CCC2)c1. The molecule has 2 rings (SSSR count). The number of pyridine rings is 1. The van der Waals surface area contributed by atoms with Gasteiger partial charge in [-0.1, -0.05) is 18.3 Å². The van der Waals surface area contributed by atoms with E-state index in [2.05, 4.69) is 21.5 Å². The average Bonchev–Trinajstić information content (AvgIpc) is 2.35.